The fourth-order valence-corrected chi connectivity index (χ4v) is 3.37. The number of carbonyl (C=O) groups excluding carboxylic acids is 1. The van der Waals surface area contributed by atoms with E-state index in [0.29, 0.717) is 17.9 Å². The number of carbonyl (C=O) groups is 2. The first-order valence-electron chi connectivity index (χ1n) is 7.67. The Morgan fingerprint density at radius 3 is 2.59 bits per heavy atom. The minimum Gasteiger partial charge on any atom is -0.481 e. The predicted molar refractivity (Wildman–Crippen MR) is 85.9 cm³/mol. The SMILES string of the molecule is CC(C)C(C(=O)N[C@@H]1CC[C@H](C(=O)O)C1)c1cccc(Cl)c1. The van der Waals surface area contributed by atoms with Crippen molar-refractivity contribution in [1.29, 1.82) is 0 Å². The quantitative estimate of drug-likeness (QED) is 0.872. The molecule has 0 radical (unpaired) electrons. The summed E-state index contributed by atoms with van der Waals surface area (Å²) < 4.78 is 0. The van der Waals surface area contributed by atoms with Crippen molar-refractivity contribution in [2.45, 2.75) is 45.1 Å². The maximum atomic E-state index is 12.6. The lowest BCUT2D eigenvalue weighted by molar-refractivity contribution is -0.141. The third-order valence-electron chi connectivity index (χ3n) is 4.29. The van der Waals surface area contributed by atoms with Gasteiger partial charge in [-0.15, -0.1) is 0 Å². The van der Waals surface area contributed by atoms with Crippen molar-refractivity contribution in [3.05, 3.63) is 34.9 Å². The fraction of sp³-hybridized carbons (Fsp3) is 0.529. The van der Waals surface area contributed by atoms with Crippen molar-refractivity contribution in [2.75, 3.05) is 0 Å². The normalized spacial score (nSPS) is 22.5. The smallest absolute Gasteiger partial charge is 0.306 e. The van der Waals surface area contributed by atoms with Crippen LogP contribution in [-0.2, 0) is 9.59 Å². The zero-order valence-electron chi connectivity index (χ0n) is 12.9. The summed E-state index contributed by atoms with van der Waals surface area (Å²) in [5.41, 5.74) is 0.896. The lowest BCUT2D eigenvalue weighted by Gasteiger charge is -2.23. The second-order valence-electron chi connectivity index (χ2n) is 6.33. The van der Waals surface area contributed by atoms with Gasteiger partial charge < -0.3 is 10.4 Å². The molecule has 0 spiro atoms. The lowest BCUT2D eigenvalue weighted by Crippen LogP contribution is -2.38. The number of carboxylic acids is 1. The van der Waals surface area contributed by atoms with Gasteiger partial charge in [0.25, 0.3) is 0 Å². The Kier molecular flexibility index (Phi) is 5.46. The van der Waals surface area contributed by atoms with Gasteiger partial charge in [0, 0.05) is 11.1 Å². The highest BCUT2D eigenvalue weighted by atomic mass is 35.5. The number of benzene rings is 1. The van der Waals surface area contributed by atoms with Crippen LogP contribution < -0.4 is 5.32 Å². The van der Waals surface area contributed by atoms with E-state index in [9.17, 15) is 9.59 Å². The van der Waals surface area contributed by atoms with Crippen molar-refractivity contribution in [1.82, 2.24) is 5.32 Å². The zero-order valence-corrected chi connectivity index (χ0v) is 13.6. The summed E-state index contributed by atoms with van der Waals surface area (Å²) in [7, 11) is 0. The molecule has 2 rings (SSSR count). The molecule has 5 heteroatoms. The van der Waals surface area contributed by atoms with Gasteiger partial charge in [0.1, 0.15) is 0 Å². The van der Waals surface area contributed by atoms with Crippen LogP contribution in [0, 0.1) is 11.8 Å². The second-order valence-corrected chi connectivity index (χ2v) is 6.77. The van der Waals surface area contributed by atoms with Gasteiger partial charge in [-0.05, 0) is 42.9 Å². The third-order valence-corrected chi connectivity index (χ3v) is 4.52. The monoisotopic (exact) mass is 323 g/mol. The number of rotatable bonds is 5. The molecule has 1 aromatic carbocycles. The maximum absolute atomic E-state index is 12.6. The Labute approximate surface area is 135 Å². The van der Waals surface area contributed by atoms with E-state index in [0.717, 1.165) is 12.0 Å². The van der Waals surface area contributed by atoms with E-state index < -0.39 is 5.97 Å². The molecule has 1 aliphatic carbocycles. The highest BCUT2D eigenvalue weighted by Gasteiger charge is 2.33. The van der Waals surface area contributed by atoms with Crippen LogP contribution in [0.1, 0.15) is 44.6 Å². The molecule has 0 heterocycles. The molecule has 1 amide bonds. The molecule has 1 saturated carbocycles. The summed E-state index contributed by atoms with van der Waals surface area (Å²) >= 11 is 6.03. The van der Waals surface area contributed by atoms with E-state index in [1.165, 1.54) is 0 Å². The number of hydrogen-bond acceptors (Lipinski definition) is 2. The minimum absolute atomic E-state index is 0.0472. The molecular weight excluding hydrogens is 302 g/mol. The topological polar surface area (TPSA) is 66.4 Å². The number of nitrogens with one attached hydrogen (secondary N) is 1. The molecule has 2 N–H and O–H groups in total. The summed E-state index contributed by atoms with van der Waals surface area (Å²) in [5.74, 6) is -1.30. The van der Waals surface area contributed by atoms with E-state index in [-0.39, 0.29) is 29.7 Å². The van der Waals surface area contributed by atoms with Crippen LogP contribution >= 0.6 is 11.6 Å². The lowest BCUT2D eigenvalue weighted by atomic mass is 9.87. The Balaban J connectivity index is 2.07. The largest absolute Gasteiger partial charge is 0.481 e. The number of amides is 1. The van der Waals surface area contributed by atoms with Gasteiger partial charge in [0.2, 0.25) is 5.91 Å². The average molecular weight is 324 g/mol. The molecule has 0 bridgehead atoms. The molecule has 1 unspecified atom stereocenters. The predicted octanol–water partition coefficient (Wildman–Crippen LogP) is 3.45. The van der Waals surface area contributed by atoms with Crippen LogP contribution in [0.25, 0.3) is 0 Å². The first kappa shape index (κ1) is 16.8. The molecular formula is C17H22ClNO3. The fourth-order valence-electron chi connectivity index (χ4n) is 3.17. The average Bonchev–Trinajstić information content (AvgIpc) is 2.87. The number of aliphatic carboxylic acids is 1. The van der Waals surface area contributed by atoms with E-state index >= 15 is 0 Å². The van der Waals surface area contributed by atoms with Crippen LogP contribution in [-0.4, -0.2) is 23.0 Å². The second kappa shape index (κ2) is 7.14. The Hall–Kier alpha value is -1.55. The van der Waals surface area contributed by atoms with Crippen molar-refractivity contribution in [2.24, 2.45) is 11.8 Å². The molecule has 1 aromatic rings. The summed E-state index contributed by atoms with van der Waals surface area (Å²) in [5, 5.41) is 12.7. The molecule has 1 aliphatic rings. The van der Waals surface area contributed by atoms with Gasteiger partial charge in [0.15, 0.2) is 0 Å². The van der Waals surface area contributed by atoms with E-state index in [1.807, 2.05) is 32.0 Å². The maximum Gasteiger partial charge on any atom is 0.306 e. The van der Waals surface area contributed by atoms with Gasteiger partial charge in [-0.3, -0.25) is 9.59 Å². The van der Waals surface area contributed by atoms with Crippen LogP contribution in [0.4, 0.5) is 0 Å². The highest BCUT2D eigenvalue weighted by Crippen LogP contribution is 2.29. The molecule has 0 aromatic heterocycles. The van der Waals surface area contributed by atoms with Gasteiger partial charge in [-0.25, -0.2) is 0 Å². The van der Waals surface area contributed by atoms with Crippen LogP contribution in [0.15, 0.2) is 24.3 Å². The molecule has 4 nitrogen and oxygen atoms in total. The van der Waals surface area contributed by atoms with Crippen LogP contribution in [0.5, 0.6) is 0 Å². The Morgan fingerprint density at radius 1 is 1.32 bits per heavy atom. The minimum atomic E-state index is -0.771. The summed E-state index contributed by atoms with van der Waals surface area (Å²) in [6.07, 6.45) is 1.87. The van der Waals surface area contributed by atoms with E-state index in [2.05, 4.69) is 5.32 Å². The van der Waals surface area contributed by atoms with Crippen molar-refractivity contribution in [3.63, 3.8) is 0 Å². The van der Waals surface area contributed by atoms with Gasteiger partial charge in [0.05, 0.1) is 11.8 Å². The standard InChI is InChI=1S/C17H22ClNO3/c1-10(2)15(11-4-3-5-13(18)8-11)16(20)19-14-7-6-12(9-14)17(21)22/h3-5,8,10,12,14-15H,6-7,9H2,1-2H3,(H,19,20)(H,21,22)/t12-,14+,15?/m0/s1. The molecule has 0 aliphatic heterocycles. The zero-order chi connectivity index (χ0) is 16.3. The Bertz CT molecular complexity index is 559. The van der Waals surface area contributed by atoms with E-state index in [4.69, 9.17) is 16.7 Å². The van der Waals surface area contributed by atoms with E-state index in [1.54, 1.807) is 6.07 Å². The Morgan fingerprint density at radius 2 is 2.05 bits per heavy atom. The molecule has 1 fully saturated rings. The summed E-state index contributed by atoms with van der Waals surface area (Å²) in [6, 6.07) is 7.31. The molecule has 120 valence electrons. The number of halogens is 1. The van der Waals surface area contributed by atoms with Crippen molar-refractivity contribution >= 4 is 23.5 Å². The molecule has 3 atom stereocenters. The molecule has 22 heavy (non-hydrogen) atoms. The van der Waals surface area contributed by atoms with Gasteiger partial charge in [-0.1, -0.05) is 37.6 Å². The first-order valence-corrected chi connectivity index (χ1v) is 8.05. The highest BCUT2D eigenvalue weighted by molar-refractivity contribution is 6.30. The molecule has 0 saturated heterocycles. The van der Waals surface area contributed by atoms with Crippen LogP contribution in [0.3, 0.4) is 0 Å². The summed E-state index contributed by atoms with van der Waals surface area (Å²) in [6.45, 7) is 4.00. The summed E-state index contributed by atoms with van der Waals surface area (Å²) in [4.78, 5) is 23.6. The third kappa shape index (κ3) is 4.01. The number of carboxylic acid groups (broad SMARTS) is 1. The first-order chi connectivity index (χ1) is 10.4. The van der Waals surface area contributed by atoms with Crippen LogP contribution in [0.2, 0.25) is 5.02 Å². The van der Waals surface area contributed by atoms with Crippen molar-refractivity contribution in [3.8, 4) is 0 Å². The van der Waals surface area contributed by atoms with Crippen molar-refractivity contribution < 1.29 is 14.7 Å². The van der Waals surface area contributed by atoms with Gasteiger partial charge in [-0.2, -0.15) is 0 Å². The number of hydrogen-bond donors (Lipinski definition) is 2. The van der Waals surface area contributed by atoms with Gasteiger partial charge >= 0.3 is 5.97 Å².